The van der Waals surface area contributed by atoms with Gasteiger partial charge in [-0.05, 0) is 90.6 Å². The predicted molar refractivity (Wildman–Crippen MR) is 181 cm³/mol. The Morgan fingerprint density at radius 1 is 0.778 bits per heavy atom. The molecule has 0 unspecified atom stereocenters. The Hall–Kier alpha value is -4.55. The molecule has 3 aromatic carbocycles. The average Bonchev–Trinajstić information content (AvgIpc) is 3.05. The molecule has 1 amide bonds. The van der Waals surface area contributed by atoms with E-state index in [1.807, 2.05) is 24.3 Å². The van der Waals surface area contributed by atoms with Crippen molar-refractivity contribution in [3.8, 4) is 0 Å². The molecule has 0 aliphatic heterocycles. The number of halogens is 2. The van der Waals surface area contributed by atoms with E-state index < -0.39 is 0 Å². The monoisotopic (exact) mass is 647 g/mol. The van der Waals surface area contributed by atoms with Crippen LogP contribution in [-0.2, 0) is 17.8 Å². The summed E-state index contributed by atoms with van der Waals surface area (Å²) in [6, 6.07) is 20.7. The fraction of sp³-hybridized carbons (Fsp3) is 0.281. The third-order valence-corrected chi connectivity index (χ3v) is 7.72. The fourth-order valence-electron chi connectivity index (χ4n) is 4.89. The molecule has 234 valence electrons. The van der Waals surface area contributed by atoms with Crippen molar-refractivity contribution in [2.75, 3.05) is 27.8 Å². The van der Waals surface area contributed by atoms with Crippen molar-refractivity contribution in [2.45, 2.75) is 45.1 Å². The highest BCUT2D eigenvalue weighted by Crippen LogP contribution is 2.24. The summed E-state index contributed by atoms with van der Waals surface area (Å²) in [5.41, 5.74) is 8.50. The van der Waals surface area contributed by atoms with Crippen LogP contribution in [0.3, 0.4) is 0 Å². The van der Waals surface area contributed by atoms with Crippen LogP contribution in [-0.4, -0.2) is 32.5 Å². The van der Waals surface area contributed by atoms with Crippen molar-refractivity contribution in [3.63, 3.8) is 0 Å². The van der Waals surface area contributed by atoms with Gasteiger partial charge in [0.25, 0.3) is 0 Å². The topological polar surface area (TPSA) is 128 Å². The van der Waals surface area contributed by atoms with Crippen LogP contribution in [0.1, 0.15) is 43.2 Å². The average molecular weight is 648 g/mol. The van der Waals surface area contributed by atoms with E-state index >= 15 is 0 Å². The largest absolute Gasteiger partial charge is 0.354 e. The lowest BCUT2D eigenvalue weighted by atomic mass is 9.89. The summed E-state index contributed by atoms with van der Waals surface area (Å²) in [4.78, 5) is 26.2. The van der Waals surface area contributed by atoms with E-state index in [1.54, 1.807) is 36.4 Å². The van der Waals surface area contributed by atoms with Crippen molar-refractivity contribution >= 4 is 64.1 Å². The minimum absolute atomic E-state index is 0.148. The van der Waals surface area contributed by atoms with E-state index in [0.29, 0.717) is 35.3 Å². The van der Waals surface area contributed by atoms with E-state index in [0.717, 1.165) is 29.0 Å². The van der Waals surface area contributed by atoms with Crippen LogP contribution in [0.2, 0.25) is 5.02 Å². The number of rotatable bonds is 11. The third-order valence-electron chi connectivity index (χ3n) is 7.27. The van der Waals surface area contributed by atoms with Gasteiger partial charge in [0.05, 0.1) is 6.42 Å². The number of amides is 1. The molecule has 0 saturated heterocycles. The number of aromatic nitrogens is 3. The van der Waals surface area contributed by atoms with Crippen LogP contribution in [0.4, 0.5) is 33.6 Å². The van der Waals surface area contributed by atoms with Crippen LogP contribution < -0.4 is 32.1 Å². The number of carbonyl (C=O) groups is 1. The van der Waals surface area contributed by atoms with Gasteiger partial charge in [0.1, 0.15) is 5.82 Å². The lowest BCUT2D eigenvalue weighted by molar-refractivity contribution is -0.121. The lowest BCUT2D eigenvalue weighted by Crippen LogP contribution is -2.44. The zero-order valence-corrected chi connectivity index (χ0v) is 26.1. The third kappa shape index (κ3) is 10.5. The summed E-state index contributed by atoms with van der Waals surface area (Å²) in [7, 11) is 0. The highest BCUT2D eigenvalue weighted by atomic mass is 35.5. The first-order chi connectivity index (χ1) is 21.9. The first-order valence-corrected chi connectivity index (χ1v) is 15.6. The number of hydrogen-bond acceptors (Lipinski definition) is 8. The molecule has 1 aromatic heterocycles. The molecule has 1 heterocycles. The molecule has 4 aromatic rings. The van der Waals surface area contributed by atoms with Gasteiger partial charge in [-0.15, -0.1) is 0 Å². The standard InChI is InChI=1S/C32H35ClFN9OS/c33-24-10-16-27(17-11-24)38-32(45)43-42-28(44)18-21-8-14-26(15-9-21)37-31-40-29(35-19-22-4-2-1-3-5-22)39-30(41-31)36-20-23-6-12-25(34)13-7-23/h6-17,22H,1-5,18-20H2,(H,42,44)(H2,38,43,45)(H3,35,36,37,39,40,41). The summed E-state index contributed by atoms with van der Waals surface area (Å²) >= 11 is 11.1. The summed E-state index contributed by atoms with van der Waals surface area (Å²) in [6.45, 7) is 1.23. The van der Waals surface area contributed by atoms with Gasteiger partial charge >= 0.3 is 0 Å². The van der Waals surface area contributed by atoms with Gasteiger partial charge < -0.3 is 21.3 Å². The smallest absolute Gasteiger partial charge is 0.242 e. The Morgan fingerprint density at radius 3 is 2.11 bits per heavy atom. The molecule has 13 heteroatoms. The van der Waals surface area contributed by atoms with Crippen LogP contribution >= 0.6 is 23.8 Å². The molecular weight excluding hydrogens is 613 g/mol. The van der Waals surface area contributed by atoms with Gasteiger partial charge in [0.15, 0.2) is 5.11 Å². The molecule has 45 heavy (non-hydrogen) atoms. The number of thiocarbonyl (C=S) groups is 1. The van der Waals surface area contributed by atoms with Gasteiger partial charge in [-0.2, -0.15) is 15.0 Å². The SMILES string of the molecule is O=C(Cc1ccc(Nc2nc(NCc3ccc(F)cc3)nc(NCC3CCCCC3)n2)cc1)NNC(=S)Nc1ccc(Cl)cc1. The maximum absolute atomic E-state index is 13.3. The van der Waals surface area contributed by atoms with Crippen LogP contribution in [0.5, 0.6) is 0 Å². The Bertz CT molecular complexity index is 1570. The molecule has 6 N–H and O–H groups in total. The van der Waals surface area contributed by atoms with E-state index in [4.69, 9.17) is 23.8 Å². The van der Waals surface area contributed by atoms with Gasteiger partial charge in [-0.25, -0.2) is 4.39 Å². The summed E-state index contributed by atoms with van der Waals surface area (Å²) < 4.78 is 13.3. The molecule has 0 radical (unpaired) electrons. The molecule has 1 aliphatic rings. The number of hydrazine groups is 1. The van der Waals surface area contributed by atoms with E-state index in [9.17, 15) is 9.18 Å². The van der Waals surface area contributed by atoms with Crippen molar-refractivity contribution in [2.24, 2.45) is 5.92 Å². The molecule has 0 atom stereocenters. The number of nitrogens with zero attached hydrogens (tertiary/aromatic N) is 3. The zero-order chi connectivity index (χ0) is 31.4. The molecule has 1 fully saturated rings. The summed E-state index contributed by atoms with van der Waals surface area (Å²) in [5.74, 6) is 1.30. The predicted octanol–water partition coefficient (Wildman–Crippen LogP) is 6.57. The minimum Gasteiger partial charge on any atom is -0.354 e. The maximum atomic E-state index is 13.3. The molecule has 5 rings (SSSR count). The fourth-order valence-corrected chi connectivity index (χ4v) is 5.18. The maximum Gasteiger partial charge on any atom is 0.242 e. The first-order valence-electron chi connectivity index (χ1n) is 14.8. The zero-order valence-electron chi connectivity index (χ0n) is 24.6. The van der Waals surface area contributed by atoms with Crippen LogP contribution in [0.25, 0.3) is 0 Å². The number of benzene rings is 3. The quantitative estimate of drug-likeness (QED) is 0.0786. The van der Waals surface area contributed by atoms with Gasteiger partial charge in [-0.1, -0.05) is 55.1 Å². The van der Waals surface area contributed by atoms with E-state index in [2.05, 4.69) is 47.1 Å². The Kier molecular flexibility index (Phi) is 11.3. The van der Waals surface area contributed by atoms with Crippen molar-refractivity contribution in [1.29, 1.82) is 0 Å². The second kappa shape index (κ2) is 16.0. The van der Waals surface area contributed by atoms with Crippen molar-refractivity contribution in [1.82, 2.24) is 25.8 Å². The van der Waals surface area contributed by atoms with E-state index in [-0.39, 0.29) is 23.3 Å². The van der Waals surface area contributed by atoms with Crippen LogP contribution in [0, 0.1) is 11.7 Å². The van der Waals surface area contributed by atoms with Crippen LogP contribution in [0.15, 0.2) is 72.8 Å². The number of hydrogen-bond donors (Lipinski definition) is 6. The molecular formula is C32H35ClFN9OS. The molecule has 0 spiro atoms. The number of anilines is 5. The molecule has 10 nitrogen and oxygen atoms in total. The Labute approximate surface area is 272 Å². The minimum atomic E-state index is -0.283. The first kappa shape index (κ1) is 31.9. The summed E-state index contributed by atoms with van der Waals surface area (Å²) in [5, 5.41) is 13.7. The molecule has 1 aliphatic carbocycles. The second-order valence-corrected chi connectivity index (χ2v) is 11.6. The number of carbonyl (C=O) groups excluding carboxylic acids is 1. The highest BCUT2D eigenvalue weighted by Gasteiger charge is 2.15. The second-order valence-electron chi connectivity index (χ2n) is 10.8. The van der Waals surface area contributed by atoms with Gasteiger partial charge in [0.2, 0.25) is 23.8 Å². The van der Waals surface area contributed by atoms with Crippen molar-refractivity contribution < 1.29 is 9.18 Å². The van der Waals surface area contributed by atoms with Gasteiger partial charge in [0, 0.05) is 29.5 Å². The van der Waals surface area contributed by atoms with Gasteiger partial charge in [-0.3, -0.25) is 15.6 Å². The Balaban J connectivity index is 1.16. The van der Waals surface area contributed by atoms with Crippen molar-refractivity contribution in [3.05, 3.63) is 94.8 Å². The normalized spacial score (nSPS) is 13.0. The summed E-state index contributed by atoms with van der Waals surface area (Å²) in [6.07, 6.45) is 6.35. The number of nitrogens with one attached hydrogen (secondary N) is 6. The van der Waals surface area contributed by atoms with E-state index in [1.165, 1.54) is 44.2 Å². The lowest BCUT2D eigenvalue weighted by Gasteiger charge is -2.21. The Morgan fingerprint density at radius 2 is 1.40 bits per heavy atom. The molecule has 1 saturated carbocycles. The highest BCUT2D eigenvalue weighted by molar-refractivity contribution is 7.80. The molecule has 0 bridgehead atoms.